The Morgan fingerprint density at radius 3 is 2.55 bits per heavy atom. The summed E-state index contributed by atoms with van der Waals surface area (Å²) in [4.78, 5) is 17.1. The summed E-state index contributed by atoms with van der Waals surface area (Å²) in [5, 5.41) is 7.35. The summed E-state index contributed by atoms with van der Waals surface area (Å²) in [6.07, 6.45) is 3.78. The van der Waals surface area contributed by atoms with E-state index in [0.29, 0.717) is 36.1 Å². The van der Waals surface area contributed by atoms with Crippen LogP contribution in [0.15, 0.2) is 30.5 Å². The Hall–Kier alpha value is -2.48. The minimum atomic E-state index is -4.86. The highest BCUT2D eigenvalue weighted by Crippen LogP contribution is 2.33. The van der Waals surface area contributed by atoms with E-state index >= 15 is 0 Å². The van der Waals surface area contributed by atoms with E-state index in [2.05, 4.69) is 15.6 Å². The molecular formula is C24H28ClF3N4O. The second-order valence-corrected chi connectivity index (χ2v) is 9.14. The van der Waals surface area contributed by atoms with E-state index < -0.39 is 12.1 Å². The Bertz CT molecular complexity index is 975. The van der Waals surface area contributed by atoms with Crippen LogP contribution in [0.1, 0.15) is 48.8 Å². The molecular weight excluding hydrogens is 453 g/mol. The van der Waals surface area contributed by atoms with E-state index in [1.165, 1.54) is 32.1 Å². The van der Waals surface area contributed by atoms with Crippen molar-refractivity contribution < 1.29 is 18.0 Å². The van der Waals surface area contributed by atoms with E-state index in [0.717, 1.165) is 27.4 Å². The van der Waals surface area contributed by atoms with Crippen molar-refractivity contribution in [3.63, 3.8) is 0 Å². The summed E-state index contributed by atoms with van der Waals surface area (Å²) in [7, 11) is 0. The topological polar surface area (TPSA) is 57.3 Å². The summed E-state index contributed by atoms with van der Waals surface area (Å²) in [6, 6.07) is 8.04. The molecule has 1 aliphatic carbocycles. The van der Waals surface area contributed by atoms with Crippen LogP contribution >= 0.6 is 11.6 Å². The molecule has 33 heavy (non-hydrogen) atoms. The number of halogens is 4. The Labute approximate surface area is 196 Å². The van der Waals surface area contributed by atoms with Crippen molar-refractivity contribution in [3.05, 3.63) is 52.2 Å². The van der Waals surface area contributed by atoms with Gasteiger partial charge in [-0.1, -0.05) is 43.0 Å². The van der Waals surface area contributed by atoms with Gasteiger partial charge < -0.3 is 15.5 Å². The van der Waals surface area contributed by atoms with Crippen LogP contribution in [-0.2, 0) is 24.2 Å². The summed E-state index contributed by atoms with van der Waals surface area (Å²) in [5.74, 6) is -0.921. The highest BCUT2D eigenvalue weighted by atomic mass is 35.5. The summed E-state index contributed by atoms with van der Waals surface area (Å²) < 4.78 is 38.6. The summed E-state index contributed by atoms with van der Waals surface area (Å²) in [6.45, 7) is 0.521. The molecule has 178 valence electrons. The van der Waals surface area contributed by atoms with Gasteiger partial charge in [-0.2, -0.15) is 13.2 Å². The molecule has 2 aromatic rings. The van der Waals surface area contributed by atoms with Gasteiger partial charge in [0.2, 0.25) is 0 Å². The fourth-order valence-electron chi connectivity index (χ4n) is 4.63. The van der Waals surface area contributed by atoms with Gasteiger partial charge in [0.05, 0.1) is 10.7 Å². The lowest BCUT2D eigenvalue weighted by Crippen LogP contribution is -2.42. The first kappa shape index (κ1) is 23.7. The molecule has 0 bridgehead atoms. The lowest BCUT2D eigenvalue weighted by atomic mass is 9.95. The van der Waals surface area contributed by atoms with Gasteiger partial charge in [0.15, 0.2) is 0 Å². The number of nitrogens with zero attached hydrogens (tertiary/aromatic N) is 2. The smallest absolute Gasteiger partial charge is 0.379 e. The number of anilines is 2. The van der Waals surface area contributed by atoms with E-state index in [9.17, 15) is 18.0 Å². The number of fused-ring (bicyclic) bond motifs is 1. The van der Waals surface area contributed by atoms with Crippen LogP contribution in [0.4, 0.5) is 24.7 Å². The van der Waals surface area contributed by atoms with Crippen molar-refractivity contribution >= 4 is 29.0 Å². The number of carbonyl (C=O) groups excluding carboxylic acids is 1. The number of benzene rings is 1. The van der Waals surface area contributed by atoms with Crippen molar-refractivity contribution in [3.8, 4) is 0 Å². The number of amides is 1. The molecule has 1 saturated carbocycles. The second-order valence-electron chi connectivity index (χ2n) is 8.73. The number of carbonyl (C=O) groups is 1. The number of alkyl halides is 3. The molecule has 0 atom stereocenters. The average molecular weight is 481 g/mol. The van der Waals surface area contributed by atoms with Crippen LogP contribution in [0.25, 0.3) is 0 Å². The maximum absolute atomic E-state index is 12.9. The van der Waals surface area contributed by atoms with Crippen LogP contribution in [0, 0.1) is 0 Å². The third-order valence-electron chi connectivity index (χ3n) is 6.42. The molecule has 2 N–H and O–H groups in total. The van der Waals surface area contributed by atoms with E-state index in [1.807, 2.05) is 24.4 Å². The van der Waals surface area contributed by atoms with Crippen molar-refractivity contribution in [2.24, 2.45) is 0 Å². The van der Waals surface area contributed by atoms with Crippen molar-refractivity contribution in [1.29, 1.82) is 0 Å². The van der Waals surface area contributed by atoms with Gasteiger partial charge >= 0.3 is 12.1 Å². The minimum absolute atomic E-state index is 0.00343. The Morgan fingerprint density at radius 1 is 1.09 bits per heavy atom. The maximum Gasteiger partial charge on any atom is 0.471 e. The van der Waals surface area contributed by atoms with Crippen LogP contribution in [0.5, 0.6) is 0 Å². The molecule has 1 amide bonds. The molecule has 1 aromatic heterocycles. The van der Waals surface area contributed by atoms with Crippen LogP contribution < -0.4 is 10.6 Å². The number of aromatic nitrogens is 1. The van der Waals surface area contributed by atoms with Gasteiger partial charge in [0.25, 0.3) is 0 Å². The Kier molecular flexibility index (Phi) is 7.32. The number of nitrogens with one attached hydrogen (secondary N) is 2. The average Bonchev–Trinajstić information content (AvgIpc) is 3.02. The molecule has 1 aliphatic heterocycles. The van der Waals surface area contributed by atoms with Gasteiger partial charge in [-0.3, -0.25) is 4.79 Å². The fourth-order valence-corrected chi connectivity index (χ4v) is 4.87. The summed E-state index contributed by atoms with van der Waals surface area (Å²) >= 11 is 6.44. The first-order chi connectivity index (χ1) is 15.8. The SMILES string of the molecule is O=C(N1CCc2ccc(Cl)c(NCc3ccc(NC4CCCCC4)nc3)c2CC1)C(F)(F)F. The van der Waals surface area contributed by atoms with Gasteiger partial charge in [0.1, 0.15) is 5.82 Å². The Morgan fingerprint density at radius 2 is 1.85 bits per heavy atom. The zero-order valence-electron chi connectivity index (χ0n) is 18.3. The number of hydrogen-bond acceptors (Lipinski definition) is 4. The van der Waals surface area contributed by atoms with Crippen molar-refractivity contribution in [1.82, 2.24) is 9.88 Å². The monoisotopic (exact) mass is 480 g/mol. The molecule has 5 nitrogen and oxygen atoms in total. The molecule has 0 radical (unpaired) electrons. The highest BCUT2D eigenvalue weighted by Gasteiger charge is 2.42. The van der Waals surface area contributed by atoms with E-state index in [4.69, 9.17) is 11.6 Å². The highest BCUT2D eigenvalue weighted by molar-refractivity contribution is 6.33. The van der Waals surface area contributed by atoms with Gasteiger partial charge in [-0.25, -0.2) is 4.98 Å². The standard InChI is InChI=1S/C24H28ClF3N4O/c25-20-8-7-17-10-12-32(23(33)24(26,27)28)13-11-19(17)22(20)30-15-16-6-9-21(29-14-16)31-18-4-2-1-3-5-18/h6-9,14,18,30H,1-5,10-13,15H2,(H,29,31). The quantitative estimate of drug-likeness (QED) is 0.586. The van der Waals surface area contributed by atoms with E-state index in [-0.39, 0.29) is 13.1 Å². The molecule has 0 unspecified atom stereocenters. The fraction of sp³-hybridized carbons (Fsp3) is 0.500. The molecule has 2 aliphatic rings. The van der Waals surface area contributed by atoms with Crippen LogP contribution in [0.3, 0.4) is 0 Å². The van der Waals surface area contributed by atoms with Crippen molar-refractivity contribution in [2.45, 2.75) is 63.7 Å². The number of rotatable bonds is 5. The molecule has 1 aromatic carbocycles. The predicted octanol–water partition coefficient (Wildman–Crippen LogP) is 5.58. The molecule has 4 rings (SSSR count). The maximum atomic E-state index is 12.9. The molecule has 9 heteroatoms. The van der Waals surface area contributed by atoms with Gasteiger partial charge in [-0.05, 0) is 54.5 Å². The minimum Gasteiger partial charge on any atom is -0.379 e. The Balaban J connectivity index is 1.41. The van der Waals surface area contributed by atoms with Gasteiger partial charge in [-0.15, -0.1) is 0 Å². The first-order valence-corrected chi connectivity index (χ1v) is 11.8. The largest absolute Gasteiger partial charge is 0.471 e. The predicted molar refractivity (Wildman–Crippen MR) is 124 cm³/mol. The number of hydrogen-bond donors (Lipinski definition) is 2. The van der Waals surface area contributed by atoms with Gasteiger partial charge in [0, 0.05) is 31.9 Å². The second kappa shape index (κ2) is 10.2. The lowest BCUT2D eigenvalue weighted by Gasteiger charge is -2.23. The number of pyridine rings is 1. The normalized spacial score (nSPS) is 17.3. The molecule has 1 fully saturated rings. The van der Waals surface area contributed by atoms with Crippen LogP contribution in [0.2, 0.25) is 5.02 Å². The third kappa shape index (κ3) is 5.91. The zero-order valence-corrected chi connectivity index (χ0v) is 19.1. The molecule has 0 saturated heterocycles. The summed E-state index contributed by atoms with van der Waals surface area (Å²) in [5.41, 5.74) is 3.45. The first-order valence-electron chi connectivity index (χ1n) is 11.4. The molecule has 0 spiro atoms. The van der Waals surface area contributed by atoms with Crippen molar-refractivity contribution in [2.75, 3.05) is 23.7 Å². The third-order valence-corrected chi connectivity index (χ3v) is 6.74. The zero-order chi connectivity index (χ0) is 23.4. The lowest BCUT2D eigenvalue weighted by molar-refractivity contribution is -0.185. The van der Waals surface area contributed by atoms with E-state index in [1.54, 1.807) is 6.07 Å². The van der Waals surface area contributed by atoms with Crippen LogP contribution in [-0.4, -0.2) is 41.1 Å². The molecule has 2 heterocycles.